The van der Waals surface area contributed by atoms with Crippen molar-refractivity contribution in [2.45, 2.75) is 72.1 Å². The number of hydrogen-bond donors (Lipinski definition) is 1. The van der Waals surface area contributed by atoms with Crippen LogP contribution >= 0.6 is 0 Å². The van der Waals surface area contributed by atoms with Crippen molar-refractivity contribution in [3.63, 3.8) is 0 Å². The smallest absolute Gasteiger partial charge is 0.306 e. The van der Waals surface area contributed by atoms with E-state index >= 15 is 0 Å². The van der Waals surface area contributed by atoms with Gasteiger partial charge < -0.3 is 5.11 Å². The van der Waals surface area contributed by atoms with Gasteiger partial charge in [-0.2, -0.15) is 0 Å². The molecule has 1 unspecified atom stereocenters. The molecule has 0 amide bonds. The molecule has 0 radical (unpaired) electrons. The Kier molecular flexibility index (Phi) is 3.94. The zero-order valence-corrected chi connectivity index (χ0v) is 15.9. The van der Waals surface area contributed by atoms with Crippen molar-refractivity contribution in [1.82, 2.24) is 0 Å². The van der Waals surface area contributed by atoms with Crippen LogP contribution in [0.1, 0.15) is 72.1 Å². The molecule has 0 heterocycles. The monoisotopic (exact) mass is 344 g/mol. The standard InChI is InChI=1S/C22H32O3/c1-13(20(24)25)17-6-7-18-16-5-4-14-12-15(23)8-10-21(14,2)19(16)9-11-22(17,18)3/h12-13,16-19H,4-11H2,1-3H3,(H,24,25)/t13?,16-,17+,18-,19-,21-,22+/m0/s1. The summed E-state index contributed by atoms with van der Waals surface area (Å²) < 4.78 is 0. The maximum Gasteiger partial charge on any atom is 0.306 e. The van der Waals surface area contributed by atoms with Crippen LogP contribution in [0.15, 0.2) is 11.6 Å². The van der Waals surface area contributed by atoms with Crippen LogP contribution < -0.4 is 0 Å². The summed E-state index contributed by atoms with van der Waals surface area (Å²) in [6.07, 6.45) is 10.6. The van der Waals surface area contributed by atoms with Gasteiger partial charge in [-0.05, 0) is 85.5 Å². The summed E-state index contributed by atoms with van der Waals surface area (Å²) in [5, 5.41) is 9.56. The van der Waals surface area contributed by atoms with Crippen LogP contribution in [-0.4, -0.2) is 16.9 Å². The van der Waals surface area contributed by atoms with Crippen LogP contribution in [0.2, 0.25) is 0 Å². The van der Waals surface area contributed by atoms with E-state index < -0.39 is 5.97 Å². The predicted octanol–water partition coefficient (Wildman–Crippen LogP) is 4.86. The quantitative estimate of drug-likeness (QED) is 0.778. The fourth-order valence-electron chi connectivity index (χ4n) is 7.59. The summed E-state index contributed by atoms with van der Waals surface area (Å²) in [4.78, 5) is 23.5. The van der Waals surface area contributed by atoms with E-state index in [0.29, 0.717) is 30.0 Å². The van der Waals surface area contributed by atoms with Crippen LogP contribution in [0.3, 0.4) is 0 Å². The summed E-state index contributed by atoms with van der Waals surface area (Å²) in [6, 6.07) is 0. The normalized spacial score (nSPS) is 47.3. The Labute approximate surface area is 151 Å². The molecule has 3 heteroatoms. The number of carboxylic acids is 1. The van der Waals surface area contributed by atoms with Crippen molar-refractivity contribution >= 4 is 11.8 Å². The van der Waals surface area contributed by atoms with Crippen LogP contribution in [-0.2, 0) is 9.59 Å². The van der Waals surface area contributed by atoms with E-state index in [-0.39, 0.29) is 16.7 Å². The van der Waals surface area contributed by atoms with Gasteiger partial charge in [0, 0.05) is 6.42 Å². The van der Waals surface area contributed by atoms with Crippen LogP contribution in [0.25, 0.3) is 0 Å². The molecule has 3 fully saturated rings. The molecular weight excluding hydrogens is 312 g/mol. The molecule has 25 heavy (non-hydrogen) atoms. The van der Waals surface area contributed by atoms with Gasteiger partial charge in [-0.25, -0.2) is 0 Å². The fraction of sp³-hybridized carbons (Fsp3) is 0.818. The minimum absolute atomic E-state index is 0.195. The van der Waals surface area contributed by atoms with Gasteiger partial charge in [-0.15, -0.1) is 0 Å². The van der Waals surface area contributed by atoms with Gasteiger partial charge in [0.25, 0.3) is 0 Å². The zero-order valence-electron chi connectivity index (χ0n) is 15.9. The Morgan fingerprint density at radius 1 is 1.12 bits per heavy atom. The number of carbonyl (C=O) groups is 2. The highest BCUT2D eigenvalue weighted by molar-refractivity contribution is 5.91. The van der Waals surface area contributed by atoms with Crippen LogP contribution in [0, 0.1) is 40.4 Å². The van der Waals surface area contributed by atoms with E-state index in [1.807, 2.05) is 13.0 Å². The number of carbonyl (C=O) groups excluding carboxylic acids is 1. The van der Waals surface area contributed by atoms with Crippen molar-refractivity contribution in [1.29, 1.82) is 0 Å². The molecule has 138 valence electrons. The first-order valence-corrected chi connectivity index (χ1v) is 10.2. The SMILES string of the molecule is CC(C(=O)O)[C@H]1CC[C@H]2[C@@H]3CCC4=CC(=O)CC[C@]4(C)[C@H]3CC[C@]12C. The van der Waals surface area contributed by atoms with Crippen LogP contribution in [0.4, 0.5) is 0 Å². The molecule has 0 aromatic carbocycles. The van der Waals surface area contributed by atoms with Crippen LogP contribution in [0.5, 0.6) is 0 Å². The van der Waals surface area contributed by atoms with E-state index in [0.717, 1.165) is 31.6 Å². The summed E-state index contributed by atoms with van der Waals surface area (Å²) in [5.74, 6) is 1.89. The van der Waals surface area contributed by atoms with Crippen molar-refractivity contribution in [3.05, 3.63) is 11.6 Å². The summed E-state index contributed by atoms with van der Waals surface area (Å²) in [6.45, 7) is 6.72. The average Bonchev–Trinajstić information content (AvgIpc) is 2.92. The Balaban J connectivity index is 1.63. The molecule has 4 aliphatic rings. The molecule has 3 saturated carbocycles. The van der Waals surface area contributed by atoms with Crippen molar-refractivity contribution in [2.24, 2.45) is 40.4 Å². The predicted molar refractivity (Wildman–Crippen MR) is 97.0 cm³/mol. The maximum atomic E-state index is 11.9. The number of allylic oxidation sites excluding steroid dienone is 1. The largest absolute Gasteiger partial charge is 0.481 e. The third-order valence-electron chi connectivity index (χ3n) is 9.03. The van der Waals surface area contributed by atoms with Crippen molar-refractivity contribution in [2.75, 3.05) is 0 Å². The lowest BCUT2D eigenvalue weighted by Crippen LogP contribution is -2.51. The molecule has 7 atom stereocenters. The van der Waals surface area contributed by atoms with Crippen molar-refractivity contribution in [3.8, 4) is 0 Å². The molecule has 3 nitrogen and oxygen atoms in total. The van der Waals surface area contributed by atoms with Crippen molar-refractivity contribution < 1.29 is 14.7 Å². The number of hydrogen-bond acceptors (Lipinski definition) is 2. The van der Waals surface area contributed by atoms with E-state index in [2.05, 4.69) is 13.8 Å². The third kappa shape index (κ3) is 2.37. The first-order valence-electron chi connectivity index (χ1n) is 10.2. The lowest BCUT2D eigenvalue weighted by Gasteiger charge is -2.58. The van der Waals surface area contributed by atoms with Gasteiger partial charge >= 0.3 is 5.97 Å². The van der Waals surface area contributed by atoms with Gasteiger partial charge in [0.1, 0.15) is 0 Å². The van der Waals surface area contributed by atoms with E-state index in [1.54, 1.807) is 0 Å². The molecule has 4 aliphatic carbocycles. The first kappa shape index (κ1) is 17.3. The molecule has 0 aromatic heterocycles. The lowest BCUT2D eigenvalue weighted by molar-refractivity contribution is -0.146. The Morgan fingerprint density at radius 3 is 2.60 bits per heavy atom. The summed E-state index contributed by atoms with van der Waals surface area (Å²) in [5.41, 5.74) is 1.83. The molecule has 4 rings (SSSR count). The summed E-state index contributed by atoms with van der Waals surface area (Å²) in [7, 11) is 0. The fourth-order valence-corrected chi connectivity index (χ4v) is 7.59. The summed E-state index contributed by atoms with van der Waals surface area (Å²) >= 11 is 0. The lowest BCUT2D eigenvalue weighted by atomic mass is 9.46. The first-order chi connectivity index (χ1) is 11.8. The highest BCUT2D eigenvalue weighted by Gasteiger charge is 2.60. The molecule has 0 aliphatic heterocycles. The number of ketones is 1. The number of rotatable bonds is 2. The second kappa shape index (κ2) is 5.69. The number of aliphatic carboxylic acids is 1. The van der Waals surface area contributed by atoms with Gasteiger partial charge in [0.2, 0.25) is 0 Å². The topological polar surface area (TPSA) is 54.4 Å². The Hall–Kier alpha value is -1.12. The minimum Gasteiger partial charge on any atom is -0.481 e. The molecule has 0 aromatic rings. The Bertz CT molecular complexity index is 635. The minimum atomic E-state index is -0.624. The van der Waals surface area contributed by atoms with Gasteiger partial charge in [0.15, 0.2) is 5.78 Å². The highest BCUT2D eigenvalue weighted by Crippen LogP contribution is 2.67. The van der Waals surface area contributed by atoms with E-state index in [1.165, 1.54) is 24.8 Å². The maximum absolute atomic E-state index is 11.9. The second-order valence-corrected chi connectivity index (χ2v) is 9.82. The van der Waals surface area contributed by atoms with Gasteiger partial charge in [-0.3, -0.25) is 9.59 Å². The molecule has 0 saturated heterocycles. The molecular formula is C22H32O3. The van der Waals surface area contributed by atoms with Gasteiger partial charge in [-0.1, -0.05) is 26.3 Å². The number of carboxylic acid groups (broad SMARTS) is 1. The zero-order chi connectivity index (χ0) is 18.0. The average molecular weight is 344 g/mol. The third-order valence-corrected chi connectivity index (χ3v) is 9.03. The van der Waals surface area contributed by atoms with E-state index in [9.17, 15) is 14.7 Å². The number of fused-ring (bicyclic) bond motifs is 5. The molecule has 0 spiro atoms. The van der Waals surface area contributed by atoms with E-state index in [4.69, 9.17) is 0 Å². The Morgan fingerprint density at radius 2 is 1.88 bits per heavy atom. The molecule has 0 bridgehead atoms. The molecule has 1 N–H and O–H groups in total. The highest BCUT2D eigenvalue weighted by atomic mass is 16.4. The van der Waals surface area contributed by atoms with Gasteiger partial charge in [0.05, 0.1) is 5.92 Å². The second-order valence-electron chi connectivity index (χ2n) is 9.82.